The maximum Gasteiger partial charge on any atom is 0.254 e. The minimum absolute atomic E-state index is 0.116. The number of amides is 1. The van der Waals surface area contributed by atoms with Crippen molar-refractivity contribution < 1.29 is 4.79 Å². The molecule has 4 heteroatoms. The Kier molecular flexibility index (Phi) is 4.27. The van der Waals surface area contributed by atoms with Gasteiger partial charge in [0.05, 0.1) is 0 Å². The fourth-order valence-corrected chi connectivity index (χ4v) is 2.78. The summed E-state index contributed by atoms with van der Waals surface area (Å²) in [6.07, 6.45) is 4.64. The first-order valence-corrected chi connectivity index (χ1v) is 7.25. The number of carbonyl (C=O) groups is 1. The van der Waals surface area contributed by atoms with Gasteiger partial charge in [-0.3, -0.25) is 4.79 Å². The van der Waals surface area contributed by atoms with Crippen molar-refractivity contribution in [1.82, 2.24) is 4.90 Å². The normalized spacial score (nSPS) is 20.6. The van der Waals surface area contributed by atoms with Crippen LogP contribution in [0, 0.1) is 0 Å². The monoisotopic (exact) mass is 310 g/mol. The number of halogens is 1. The van der Waals surface area contributed by atoms with Gasteiger partial charge in [-0.25, -0.2) is 0 Å². The third-order valence-electron chi connectivity index (χ3n) is 3.56. The van der Waals surface area contributed by atoms with Crippen LogP contribution in [-0.2, 0) is 0 Å². The Morgan fingerprint density at radius 3 is 2.89 bits per heavy atom. The highest BCUT2D eigenvalue weighted by molar-refractivity contribution is 9.10. The Hall–Kier alpha value is -1.03. The summed E-state index contributed by atoms with van der Waals surface area (Å²) in [7, 11) is 0. The zero-order valence-corrected chi connectivity index (χ0v) is 12.2. The van der Waals surface area contributed by atoms with Crippen LogP contribution >= 0.6 is 15.9 Å². The number of nitrogens with zero attached hydrogens (tertiary/aromatic N) is 1. The van der Waals surface area contributed by atoms with Crippen molar-refractivity contribution in [2.24, 2.45) is 0 Å². The van der Waals surface area contributed by atoms with Crippen LogP contribution in [0.5, 0.6) is 0 Å². The van der Waals surface area contributed by atoms with Crippen LogP contribution in [0.15, 0.2) is 22.7 Å². The molecule has 1 atom stereocenters. The van der Waals surface area contributed by atoms with Gasteiger partial charge in [-0.05, 0) is 53.9 Å². The second-order valence-electron chi connectivity index (χ2n) is 4.93. The standard InChI is InChI=1S/C14H19BrN2O/c1-10-5-3-2-4-8-17(10)14(18)11-6-7-13(16)12(15)9-11/h6-7,9-10H,2-5,8,16H2,1H3. The van der Waals surface area contributed by atoms with E-state index in [9.17, 15) is 4.79 Å². The highest BCUT2D eigenvalue weighted by Gasteiger charge is 2.23. The molecule has 1 heterocycles. The zero-order valence-electron chi connectivity index (χ0n) is 10.7. The number of hydrogen-bond donors (Lipinski definition) is 1. The predicted octanol–water partition coefficient (Wildman–Crippen LogP) is 3.44. The lowest BCUT2D eigenvalue weighted by Crippen LogP contribution is -2.38. The van der Waals surface area contributed by atoms with Crippen molar-refractivity contribution in [2.75, 3.05) is 12.3 Å². The molecule has 0 bridgehead atoms. The summed E-state index contributed by atoms with van der Waals surface area (Å²) in [6.45, 7) is 3.00. The van der Waals surface area contributed by atoms with E-state index in [4.69, 9.17) is 5.73 Å². The Balaban J connectivity index is 2.21. The number of nitrogens with two attached hydrogens (primary N) is 1. The SMILES string of the molecule is CC1CCCCCN1C(=O)c1ccc(N)c(Br)c1. The fourth-order valence-electron chi connectivity index (χ4n) is 2.40. The number of benzene rings is 1. The molecule has 1 amide bonds. The highest BCUT2D eigenvalue weighted by atomic mass is 79.9. The van der Waals surface area contributed by atoms with Crippen molar-refractivity contribution in [3.05, 3.63) is 28.2 Å². The van der Waals surface area contributed by atoms with Gasteiger partial charge in [0.2, 0.25) is 0 Å². The molecule has 1 aromatic rings. The number of rotatable bonds is 1. The van der Waals surface area contributed by atoms with Crippen LogP contribution in [0.4, 0.5) is 5.69 Å². The van der Waals surface area contributed by atoms with Gasteiger partial charge in [0.1, 0.15) is 0 Å². The van der Waals surface area contributed by atoms with Crippen molar-refractivity contribution >= 4 is 27.5 Å². The molecule has 0 saturated carbocycles. The number of carbonyl (C=O) groups excluding carboxylic acids is 1. The average molecular weight is 311 g/mol. The van der Waals surface area contributed by atoms with Crippen molar-refractivity contribution in [1.29, 1.82) is 0 Å². The van der Waals surface area contributed by atoms with E-state index in [2.05, 4.69) is 22.9 Å². The molecule has 0 radical (unpaired) electrons. The lowest BCUT2D eigenvalue weighted by atomic mass is 10.1. The van der Waals surface area contributed by atoms with Crippen LogP contribution in [-0.4, -0.2) is 23.4 Å². The molecule has 1 saturated heterocycles. The van der Waals surface area contributed by atoms with Crippen LogP contribution in [0.2, 0.25) is 0 Å². The van der Waals surface area contributed by atoms with Crippen LogP contribution in [0.1, 0.15) is 43.0 Å². The smallest absolute Gasteiger partial charge is 0.254 e. The molecular weight excluding hydrogens is 292 g/mol. The summed E-state index contributed by atoms with van der Waals surface area (Å²) < 4.78 is 0.788. The summed E-state index contributed by atoms with van der Waals surface area (Å²) in [5, 5.41) is 0. The van der Waals surface area contributed by atoms with Crippen LogP contribution < -0.4 is 5.73 Å². The predicted molar refractivity (Wildman–Crippen MR) is 77.5 cm³/mol. The quantitative estimate of drug-likeness (QED) is 0.808. The largest absolute Gasteiger partial charge is 0.398 e. The lowest BCUT2D eigenvalue weighted by molar-refractivity contribution is 0.0698. The molecule has 1 aliphatic heterocycles. The van der Waals surface area contributed by atoms with Crippen LogP contribution in [0.3, 0.4) is 0 Å². The van der Waals surface area contributed by atoms with Crippen molar-refractivity contribution in [2.45, 2.75) is 38.6 Å². The van der Waals surface area contributed by atoms with Gasteiger partial charge in [0.15, 0.2) is 0 Å². The Morgan fingerprint density at radius 2 is 2.17 bits per heavy atom. The molecule has 2 rings (SSSR count). The summed E-state index contributed by atoms with van der Waals surface area (Å²) in [5.74, 6) is 0.116. The molecule has 0 aromatic heterocycles. The van der Waals surface area contributed by atoms with E-state index in [0.29, 0.717) is 17.3 Å². The lowest BCUT2D eigenvalue weighted by Gasteiger charge is -2.27. The number of nitrogen functional groups attached to an aromatic ring is 1. The molecule has 0 spiro atoms. The van der Waals surface area contributed by atoms with E-state index < -0.39 is 0 Å². The van der Waals surface area contributed by atoms with Crippen LogP contribution in [0.25, 0.3) is 0 Å². The van der Waals surface area contributed by atoms with E-state index in [1.54, 1.807) is 12.1 Å². The molecule has 1 aromatic carbocycles. The van der Waals surface area contributed by atoms with Gasteiger partial charge >= 0.3 is 0 Å². The van der Waals surface area contributed by atoms with Gasteiger partial charge in [0.25, 0.3) is 5.91 Å². The van der Waals surface area contributed by atoms with Gasteiger partial charge < -0.3 is 10.6 Å². The summed E-state index contributed by atoms with van der Waals surface area (Å²) >= 11 is 3.37. The molecule has 0 aliphatic carbocycles. The summed E-state index contributed by atoms with van der Waals surface area (Å²) in [5.41, 5.74) is 7.12. The van der Waals surface area contributed by atoms with E-state index in [1.165, 1.54) is 12.8 Å². The zero-order chi connectivity index (χ0) is 13.1. The average Bonchev–Trinajstić information content (AvgIpc) is 2.56. The molecule has 3 nitrogen and oxygen atoms in total. The summed E-state index contributed by atoms with van der Waals surface area (Å²) in [4.78, 5) is 14.5. The molecule has 1 aliphatic rings. The van der Waals surface area contributed by atoms with E-state index in [1.807, 2.05) is 11.0 Å². The third kappa shape index (κ3) is 2.86. The second-order valence-corrected chi connectivity index (χ2v) is 5.79. The minimum atomic E-state index is 0.116. The van der Waals surface area contributed by atoms with Gasteiger partial charge in [-0.1, -0.05) is 12.8 Å². The van der Waals surface area contributed by atoms with Gasteiger partial charge in [-0.15, -0.1) is 0 Å². The first-order valence-electron chi connectivity index (χ1n) is 6.45. The number of anilines is 1. The second kappa shape index (κ2) is 5.74. The van der Waals surface area contributed by atoms with E-state index >= 15 is 0 Å². The molecule has 1 unspecified atom stereocenters. The number of likely N-dealkylation sites (tertiary alicyclic amines) is 1. The van der Waals surface area contributed by atoms with E-state index in [0.717, 1.165) is 23.9 Å². The first-order chi connectivity index (χ1) is 8.59. The Bertz CT molecular complexity index is 447. The highest BCUT2D eigenvalue weighted by Crippen LogP contribution is 2.23. The first kappa shape index (κ1) is 13.4. The van der Waals surface area contributed by atoms with Crippen molar-refractivity contribution in [3.8, 4) is 0 Å². The third-order valence-corrected chi connectivity index (χ3v) is 4.25. The maximum absolute atomic E-state index is 12.5. The molecule has 98 valence electrons. The minimum Gasteiger partial charge on any atom is -0.398 e. The number of hydrogen-bond acceptors (Lipinski definition) is 2. The van der Waals surface area contributed by atoms with Gasteiger partial charge in [0, 0.05) is 28.3 Å². The molecular formula is C14H19BrN2O. The molecule has 2 N–H and O–H groups in total. The van der Waals surface area contributed by atoms with Gasteiger partial charge in [-0.2, -0.15) is 0 Å². The summed E-state index contributed by atoms with van der Waals surface area (Å²) in [6, 6.07) is 5.73. The fraction of sp³-hybridized carbons (Fsp3) is 0.500. The molecule has 1 fully saturated rings. The van der Waals surface area contributed by atoms with E-state index in [-0.39, 0.29) is 5.91 Å². The Labute approximate surface area is 116 Å². The Morgan fingerprint density at radius 1 is 1.39 bits per heavy atom. The van der Waals surface area contributed by atoms with Crippen molar-refractivity contribution in [3.63, 3.8) is 0 Å². The molecule has 18 heavy (non-hydrogen) atoms. The topological polar surface area (TPSA) is 46.3 Å². The maximum atomic E-state index is 12.5.